The molecule has 0 aliphatic rings. The minimum atomic E-state index is -0.446. The Labute approximate surface area is 128 Å². The highest BCUT2D eigenvalue weighted by molar-refractivity contribution is 6.33. The molecular formula is C11H9ClN8O2. The van der Waals surface area contributed by atoms with Gasteiger partial charge < -0.3 is 4.74 Å². The van der Waals surface area contributed by atoms with E-state index in [1.54, 1.807) is 6.07 Å². The van der Waals surface area contributed by atoms with Gasteiger partial charge in [0, 0.05) is 6.07 Å². The fourth-order valence-electron chi connectivity index (χ4n) is 1.78. The number of nitrogens with zero attached hydrogens (tertiary/aromatic N) is 6. The highest BCUT2D eigenvalue weighted by atomic mass is 35.5. The van der Waals surface area contributed by atoms with E-state index in [4.69, 9.17) is 16.3 Å². The predicted octanol–water partition coefficient (Wildman–Crippen LogP) is 0.695. The number of carbonyl (C=O) groups is 1. The van der Waals surface area contributed by atoms with Crippen molar-refractivity contribution < 1.29 is 9.53 Å². The Hall–Kier alpha value is -3.01. The van der Waals surface area contributed by atoms with Crippen LogP contribution in [0.3, 0.4) is 0 Å². The Kier molecular flexibility index (Phi) is 3.66. The van der Waals surface area contributed by atoms with Crippen molar-refractivity contribution in [1.82, 2.24) is 35.4 Å². The van der Waals surface area contributed by atoms with Gasteiger partial charge in [-0.05, 0) is 16.5 Å². The Morgan fingerprint density at radius 3 is 2.95 bits per heavy atom. The van der Waals surface area contributed by atoms with Gasteiger partial charge in [-0.3, -0.25) is 10.1 Å². The summed E-state index contributed by atoms with van der Waals surface area (Å²) in [7, 11) is 1.44. The number of benzene rings is 1. The maximum atomic E-state index is 12.3. The number of hydrogen-bond acceptors (Lipinski definition) is 7. The van der Waals surface area contributed by atoms with E-state index in [1.807, 2.05) is 0 Å². The molecule has 1 amide bonds. The Bertz CT molecular complexity index is 787. The lowest BCUT2D eigenvalue weighted by Gasteiger charge is -2.11. The van der Waals surface area contributed by atoms with Crippen LogP contribution in [-0.2, 0) is 0 Å². The number of anilines is 1. The fraction of sp³-hybridized carbons (Fsp3) is 0.0909. The standard InChI is InChI=1S/C11H9ClN8O2/c1-22-9-3-8(20-5-15-18-19-20)7(12)2-6(9)10(21)16-11-13-4-14-17-11/h2-5H,1H3,(H2,13,14,16,17,21). The number of halogens is 1. The molecule has 112 valence electrons. The SMILES string of the molecule is COc1cc(-n2cnnn2)c(Cl)cc1C(=O)Nc1ncn[nH]1. The van der Waals surface area contributed by atoms with E-state index in [9.17, 15) is 4.79 Å². The number of aromatic amines is 1. The van der Waals surface area contributed by atoms with Crippen LogP contribution < -0.4 is 10.1 Å². The first-order chi connectivity index (χ1) is 10.7. The second-order valence-corrected chi connectivity index (χ2v) is 4.45. The summed E-state index contributed by atoms with van der Waals surface area (Å²) < 4.78 is 6.60. The van der Waals surface area contributed by atoms with Crippen molar-refractivity contribution in [3.05, 3.63) is 35.4 Å². The third-order valence-corrected chi connectivity index (χ3v) is 3.06. The largest absolute Gasteiger partial charge is 0.496 e. The first-order valence-electron chi connectivity index (χ1n) is 5.96. The summed E-state index contributed by atoms with van der Waals surface area (Å²) in [5.74, 6) is 0.0819. The van der Waals surface area contributed by atoms with Gasteiger partial charge in [0.1, 0.15) is 18.4 Å². The maximum absolute atomic E-state index is 12.3. The summed E-state index contributed by atoms with van der Waals surface area (Å²) in [6.45, 7) is 0. The molecule has 0 radical (unpaired) electrons. The van der Waals surface area contributed by atoms with Crippen molar-refractivity contribution in [2.45, 2.75) is 0 Å². The number of ether oxygens (including phenoxy) is 1. The smallest absolute Gasteiger partial charge is 0.261 e. The number of tetrazole rings is 1. The zero-order chi connectivity index (χ0) is 15.5. The Morgan fingerprint density at radius 1 is 1.45 bits per heavy atom. The van der Waals surface area contributed by atoms with Gasteiger partial charge in [-0.1, -0.05) is 11.6 Å². The molecule has 0 saturated carbocycles. The lowest BCUT2D eigenvalue weighted by molar-refractivity contribution is 0.102. The summed E-state index contributed by atoms with van der Waals surface area (Å²) in [6.07, 6.45) is 2.66. The van der Waals surface area contributed by atoms with Crippen LogP contribution in [0.1, 0.15) is 10.4 Å². The second kappa shape index (κ2) is 5.77. The van der Waals surface area contributed by atoms with E-state index in [0.29, 0.717) is 11.4 Å². The van der Waals surface area contributed by atoms with Gasteiger partial charge in [-0.15, -0.1) is 5.10 Å². The summed E-state index contributed by atoms with van der Waals surface area (Å²) in [5, 5.41) is 19.8. The molecule has 0 fully saturated rings. The monoisotopic (exact) mass is 320 g/mol. The average Bonchev–Trinajstić information content (AvgIpc) is 3.20. The number of carbonyl (C=O) groups excluding carboxylic acids is 1. The minimum absolute atomic E-state index is 0.215. The summed E-state index contributed by atoms with van der Waals surface area (Å²) >= 11 is 6.19. The van der Waals surface area contributed by atoms with Crippen LogP contribution in [0.25, 0.3) is 5.69 Å². The van der Waals surface area contributed by atoms with Gasteiger partial charge >= 0.3 is 0 Å². The first-order valence-corrected chi connectivity index (χ1v) is 6.34. The van der Waals surface area contributed by atoms with Crippen LogP contribution in [0.2, 0.25) is 5.02 Å². The van der Waals surface area contributed by atoms with E-state index < -0.39 is 5.91 Å². The van der Waals surface area contributed by atoms with Crippen LogP contribution in [-0.4, -0.2) is 48.4 Å². The number of nitrogens with one attached hydrogen (secondary N) is 2. The quantitative estimate of drug-likeness (QED) is 0.724. The van der Waals surface area contributed by atoms with Gasteiger partial charge in [0.2, 0.25) is 5.95 Å². The molecule has 0 atom stereocenters. The van der Waals surface area contributed by atoms with Crippen molar-refractivity contribution in [2.24, 2.45) is 0 Å². The van der Waals surface area contributed by atoms with Crippen LogP contribution in [0.5, 0.6) is 5.75 Å². The van der Waals surface area contributed by atoms with E-state index in [-0.39, 0.29) is 16.5 Å². The molecule has 0 bridgehead atoms. The molecule has 0 unspecified atom stereocenters. The molecule has 3 aromatic rings. The van der Waals surface area contributed by atoms with Crippen LogP contribution >= 0.6 is 11.6 Å². The maximum Gasteiger partial charge on any atom is 0.261 e. The average molecular weight is 321 g/mol. The molecule has 2 aromatic heterocycles. The Morgan fingerprint density at radius 2 is 2.32 bits per heavy atom. The molecule has 0 aliphatic heterocycles. The number of aromatic nitrogens is 7. The third-order valence-electron chi connectivity index (χ3n) is 2.76. The molecule has 0 aliphatic carbocycles. The molecule has 11 heteroatoms. The lowest BCUT2D eigenvalue weighted by Crippen LogP contribution is -2.15. The normalized spacial score (nSPS) is 10.5. The molecule has 2 N–H and O–H groups in total. The predicted molar refractivity (Wildman–Crippen MR) is 75.1 cm³/mol. The number of methoxy groups -OCH3 is 1. The van der Waals surface area contributed by atoms with E-state index in [1.165, 1.54) is 30.5 Å². The van der Waals surface area contributed by atoms with Gasteiger partial charge in [0.05, 0.1) is 23.4 Å². The summed E-state index contributed by atoms with van der Waals surface area (Å²) in [6, 6.07) is 3.02. The van der Waals surface area contributed by atoms with Crippen LogP contribution in [0.4, 0.5) is 5.95 Å². The van der Waals surface area contributed by atoms with Crippen molar-refractivity contribution in [3.8, 4) is 11.4 Å². The zero-order valence-corrected chi connectivity index (χ0v) is 11.9. The fourth-order valence-corrected chi connectivity index (χ4v) is 2.03. The van der Waals surface area contributed by atoms with Gasteiger partial charge in [-0.25, -0.2) is 5.10 Å². The van der Waals surface area contributed by atoms with Crippen molar-refractivity contribution >= 4 is 23.5 Å². The van der Waals surface area contributed by atoms with E-state index >= 15 is 0 Å². The molecule has 0 saturated heterocycles. The highest BCUT2D eigenvalue weighted by Crippen LogP contribution is 2.29. The highest BCUT2D eigenvalue weighted by Gasteiger charge is 2.18. The molecule has 22 heavy (non-hydrogen) atoms. The van der Waals surface area contributed by atoms with Crippen LogP contribution in [0, 0.1) is 0 Å². The van der Waals surface area contributed by atoms with Crippen molar-refractivity contribution in [2.75, 3.05) is 12.4 Å². The first kappa shape index (κ1) is 13.9. The lowest BCUT2D eigenvalue weighted by atomic mass is 10.1. The molecule has 2 heterocycles. The molecule has 0 spiro atoms. The third kappa shape index (κ3) is 2.59. The molecular weight excluding hydrogens is 312 g/mol. The minimum Gasteiger partial charge on any atom is -0.496 e. The summed E-state index contributed by atoms with van der Waals surface area (Å²) in [5.41, 5.74) is 0.723. The van der Waals surface area contributed by atoms with Gasteiger partial charge in [0.15, 0.2) is 0 Å². The number of H-pyrrole nitrogens is 1. The molecule has 10 nitrogen and oxygen atoms in total. The van der Waals surface area contributed by atoms with Gasteiger partial charge in [-0.2, -0.15) is 14.8 Å². The van der Waals surface area contributed by atoms with Crippen molar-refractivity contribution in [1.29, 1.82) is 0 Å². The van der Waals surface area contributed by atoms with E-state index in [2.05, 4.69) is 36.0 Å². The Balaban J connectivity index is 1.98. The second-order valence-electron chi connectivity index (χ2n) is 4.05. The topological polar surface area (TPSA) is 124 Å². The summed E-state index contributed by atoms with van der Waals surface area (Å²) in [4.78, 5) is 16.1. The number of amides is 1. The van der Waals surface area contributed by atoms with Crippen LogP contribution in [0.15, 0.2) is 24.8 Å². The molecule has 1 aromatic carbocycles. The number of hydrogen-bond donors (Lipinski definition) is 2. The number of rotatable bonds is 4. The van der Waals surface area contributed by atoms with E-state index in [0.717, 1.165) is 0 Å². The zero-order valence-electron chi connectivity index (χ0n) is 11.2. The van der Waals surface area contributed by atoms with Crippen molar-refractivity contribution in [3.63, 3.8) is 0 Å². The molecule has 3 rings (SSSR count). The van der Waals surface area contributed by atoms with Gasteiger partial charge in [0.25, 0.3) is 5.91 Å².